The molecule has 16 heavy (non-hydrogen) atoms. The van der Waals surface area contributed by atoms with Crippen molar-refractivity contribution in [2.45, 2.75) is 63.5 Å². The molecule has 1 aromatic rings. The van der Waals surface area contributed by atoms with Gasteiger partial charge in [-0.05, 0) is 32.1 Å². The number of aromatic nitrogens is 2. The lowest BCUT2D eigenvalue weighted by molar-refractivity contribution is 0.315. The summed E-state index contributed by atoms with van der Waals surface area (Å²) in [7, 11) is 0. The monoisotopic (exact) mass is 219 g/mol. The van der Waals surface area contributed by atoms with Crippen molar-refractivity contribution in [1.29, 1.82) is 0 Å². The van der Waals surface area contributed by atoms with Crippen molar-refractivity contribution < 1.29 is 0 Å². The van der Waals surface area contributed by atoms with Gasteiger partial charge in [-0.1, -0.05) is 19.3 Å². The summed E-state index contributed by atoms with van der Waals surface area (Å²) in [6, 6.07) is 1.38. The maximum absolute atomic E-state index is 4.47. The molecule has 2 aliphatic rings. The van der Waals surface area contributed by atoms with Crippen LogP contribution in [-0.2, 0) is 0 Å². The van der Waals surface area contributed by atoms with Crippen molar-refractivity contribution in [2.24, 2.45) is 0 Å². The standard InChI is InChI=1S/C13H21N3/c1-2-5-11(6-3-1)15-13-14-9-10-16(13)12-7-4-8-12/h9-12H,1-8H2,(H,14,15). The van der Waals surface area contributed by atoms with E-state index >= 15 is 0 Å². The molecule has 0 bridgehead atoms. The van der Waals surface area contributed by atoms with Gasteiger partial charge in [-0.2, -0.15) is 0 Å². The molecule has 1 N–H and O–H groups in total. The molecule has 0 amide bonds. The number of hydrogen-bond donors (Lipinski definition) is 1. The van der Waals surface area contributed by atoms with E-state index in [9.17, 15) is 0 Å². The van der Waals surface area contributed by atoms with Gasteiger partial charge in [-0.15, -0.1) is 0 Å². The molecule has 0 spiro atoms. The number of hydrogen-bond acceptors (Lipinski definition) is 2. The van der Waals surface area contributed by atoms with Crippen LogP contribution in [0.25, 0.3) is 0 Å². The Labute approximate surface area is 97.3 Å². The molecule has 0 saturated heterocycles. The molecule has 2 fully saturated rings. The van der Waals surface area contributed by atoms with Gasteiger partial charge in [0, 0.05) is 24.5 Å². The van der Waals surface area contributed by atoms with E-state index in [1.54, 1.807) is 0 Å². The van der Waals surface area contributed by atoms with Crippen LogP contribution in [0.2, 0.25) is 0 Å². The molecule has 3 nitrogen and oxygen atoms in total. The van der Waals surface area contributed by atoms with Crippen LogP contribution in [0.4, 0.5) is 5.95 Å². The number of anilines is 1. The predicted octanol–water partition coefficient (Wildman–Crippen LogP) is 3.35. The molecule has 0 atom stereocenters. The Hall–Kier alpha value is -0.990. The van der Waals surface area contributed by atoms with Crippen LogP contribution in [0.5, 0.6) is 0 Å². The Morgan fingerprint density at radius 2 is 1.88 bits per heavy atom. The maximum atomic E-state index is 4.47. The Bertz CT molecular complexity index is 335. The second kappa shape index (κ2) is 4.48. The van der Waals surface area contributed by atoms with E-state index in [4.69, 9.17) is 0 Å². The second-order valence-electron chi connectivity index (χ2n) is 5.22. The van der Waals surface area contributed by atoms with Crippen molar-refractivity contribution in [2.75, 3.05) is 5.32 Å². The molecule has 1 heterocycles. The molecule has 3 rings (SSSR count). The zero-order valence-electron chi connectivity index (χ0n) is 9.86. The molecule has 2 aliphatic carbocycles. The van der Waals surface area contributed by atoms with E-state index in [0.717, 1.165) is 5.95 Å². The average Bonchev–Trinajstić information content (AvgIpc) is 2.66. The van der Waals surface area contributed by atoms with Crippen molar-refractivity contribution in [1.82, 2.24) is 9.55 Å². The summed E-state index contributed by atoms with van der Waals surface area (Å²) in [6.07, 6.45) is 14.9. The lowest BCUT2D eigenvalue weighted by Gasteiger charge is -2.30. The largest absolute Gasteiger partial charge is 0.353 e. The van der Waals surface area contributed by atoms with Gasteiger partial charge in [-0.3, -0.25) is 0 Å². The highest BCUT2D eigenvalue weighted by molar-refractivity contribution is 5.29. The molecular weight excluding hydrogens is 198 g/mol. The van der Waals surface area contributed by atoms with Crippen LogP contribution in [-0.4, -0.2) is 15.6 Å². The minimum atomic E-state index is 0.662. The Kier molecular flexibility index (Phi) is 2.85. The number of rotatable bonds is 3. The zero-order chi connectivity index (χ0) is 10.8. The first-order chi connectivity index (χ1) is 7.93. The third-order valence-electron chi connectivity index (χ3n) is 4.08. The normalized spacial score (nSPS) is 23.0. The highest BCUT2D eigenvalue weighted by atomic mass is 15.2. The van der Waals surface area contributed by atoms with Crippen molar-refractivity contribution in [3.8, 4) is 0 Å². The third kappa shape index (κ3) is 1.95. The van der Waals surface area contributed by atoms with E-state index < -0.39 is 0 Å². The molecule has 0 unspecified atom stereocenters. The SMILES string of the molecule is c1cn(C2CCC2)c(NC2CCCCC2)n1. The topological polar surface area (TPSA) is 29.9 Å². The van der Waals surface area contributed by atoms with Gasteiger partial charge >= 0.3 is 0 Å². The average molecular weight is 219 g/mol. The minimum absolute atomic E-state index is 0.662. The number of nitrogens with zero attached hydrogens (tertiary/aromatic N) is 2. The van der Waals surface area contributed by atoms with Crippen LogP contribution >= 0.6 is 0 Å². The first-order valence-electron chi connectivity index (χ1n) is 6.73. The molecule has 3 heteroatoms. The van der Waals surface area contributed by atoms with Crippen LogP contribution in [0.1, 0.15) is 57.4 Å². The molecule has 2 saturated carbocycles. The fourth-order valence-electron chi connectivity index (χ4n) is 2.81. The maximum Gasteiger partial charge on any atom is 0.203 e. The summed E-state index contributed by atoms with van der Waals surface area (Å²) in [4.78, 5) is 4.47. The van der Waals surface area contributed by atoms with E-state index in [-0.39, 0.29) is 0 Å². The molecule has 0 aromatic carbocycles. The molecule has 88 valence electrons. The Morgan fingerprint density at radius 3 is 2.56 bits per heavy atom. The lowest BCUT2D eigenvalue weighted by atomic mass is 9.93. The summed E-state index contributed by atoms with van der Waals surface area (Å²) < 4.78 is 2.35. The van der Waals surface area contributed by atoms with Crippen LogP contribution in [0.3, 0.4) is 0 Å². The highest BCUT2D eigenvalue weighted by Gasteiger charge is 2.22. The smallest absolute Gasteiger partial charge is 0.203 e. The van der Waals surface area contributed by atoms with E-state index in [0.29, 0.717) is 12.1 Å². The Balaban J connectivity index is 1.66. The third-order valence-corrected chi connectivity index (χ3v) is 4.08. The van der Waals surface area contributed by atoms with Gasteiger partial charge in [0.05, 0.1) is 0 Å². The van der Waals surface area contributed by atoms with Gasteiger partial charge in [0.2, 0.25) is 5.95 Å². The summed E-state index contributed by atoms with van der Waals surface area (Å²) in [5.41, 5.74) is 0. The summed E-state index contributed by atoms with van der Waals surface area (Å²) >= 11 is 0. The van der Waals surface area contributed by atoms with E-state index in [1.165, 1.54) is 51.4 Å². The van der Waals surface area contributed by atoms with Gasteiger partial charge < -0.3 is 9.88 Å². The van der Waals surface area contributed by atoms with Crippen molar-refractivity contribution >= 4 is 5.95 Å². The highest BCUT2D eigenvalue weighted by Crippen LogP contribution is 2.34. The van der Waals surface area contributed by atoms with Gasteiger partial charge in [0.1, 0.15) is 0 Å². The van der Waals surface area contributed by atoms with Gasteiger partial charge in [0.25, 0.3) is 0 Å². The van der Waals surface area contributed by atoms with Crippen LogP contribution in [0, 0.1) is 0 Å². The van der Waals surface area contributed by atoms with E-state index in [1.807, 2.05) is 6.20 Å². The molecule has 1 aromatic heterocycles. The number of nitrogens with one attached hydrogen (secondary N) is 1. The van der Waals surface area contributed by atoms with Crippen molar-refractivity contribution in [3.63, 3.8) is 0 Å². The molecule has 0 radical (unpaired) electrons. The zero-order valence-corrected chi connectivity index (χ0v) is 9.86. The van der Waals surface area contributed by atoms with Crippen molar-refractivity contribution in [3.05, 3.63) is 12.4 Å². The lowest BCUT2D eigenvalue weighted by Crippen LogP contribution is -2.26. The summed E-state index contributed by atoms with van der Waals surface area (Å²) in [5.74, 6) is 1.11. The first-order valence-corrected chi connectivity index (χ1v) is 6.73. The first kappa shape index (κ1) is 10.2. The molecular formula is C13H21N3. The minimum Gasteiger partial charge on any atom is -0.353 e. The predicted molar refractivity (Wildman–Crippen MR) is 65.6 cm³/mol. The van der Waals surface area contributed by atoms with E-state index in [2.05, 4.69) is 21.1 Å². The quantitative estimate of drug-likeness (QED) is 0.845. The van der Waals surface area contributed by atoms with Gasteiger partial charge in [-0.25, -0.2) is 4.98 Å². The Morgan fingerprint density at radius 1 is 1.06 bits per heavy atom. The van der Waals surface area contributed by atoms with Crippen LogP contribution < -0.4 is 5.32 Å². The number of imidazole rings is 1. The summed E-state index contributed by atoms with van der Waals surface area (Å²) in [5, 5.41) is 3.63. The fraction of sp³-hybridized carbons (Fsp3) is 0.769. The summed E-state index contributed by atoms with van der Waals surface area (Å²) in [6.45, 7) is 0. The fourth-order valence-corrected chi connectivity index (χ4v) is 2.81. The second-order valence-corrected chi connectivity index (χ2v) is 5.22. The molecule has 0 aliphatic heterocycles. The van der Waals surface area contributed by atoms with Crippen LogP contribution in [0.15, 0.2) is 12.4 Å². The van der Waals surface area contributed by atoms with Gasteiger partial charge in [0.15, 0.2) is 0 Å².